The molecule has 0 atom stereocenters. The van der Waals surface area contributed by atoms with Gasteiger partial charge in [0.15, 0.2) is 0 Å². The van der Waals surface area contributed by atoms with Crippen molar-refractivity contribution in [1.82, 2.24) is 15.2 Å². The van der Waals surface area contributed by atoms with E-state index in [9.17, 15) is 27.6 Å². The van der Waals surface area contributed by atoms with Crippen molar-refractivity contribution in [3.05, 3.63) is 53.9 Å². The number of anilines is 1. The summed E-state index contributed by atoms with van der Waals surface area (Å²) in [7, 11) is 0. The first-order valence-electron chi connectivity index (χ1n) is 11.9. The normalized spacial score (nSPS) is 19.6. The minimum Gasteiger partial charge on any atom is -0.406 e. The molecule has 2 aromatic rings. The largest absolute Gasteiger partial charge is 0.573 e. The van der Waals surface area contributed by atoms with Crippen molar-refractivity contribution in [3.63, 3.8) is 0 Å². The van der Waals surface area contributed by atoms with Gasteiger partial charge in [-0.25, -0.2) is 9.69 Å². The summed E-state index contributed by atoms with van der Waals surface area (Å²) < 4.78 is 41.2. The number of carbonyl (C=O) groups excluding carboxylic acids is 3. The van der Waals surface area contributed by atoms with Gasteiger partial charge in [0.1, 0.15) is 17.0 Å². The van der Waals surface area contributed by atoms with Crippen LogP contribution >= 0.6 is 0 Å². The molecule has 0 bridgehead atoms. The number of nitrogens with zero attached hydrogens (tertiary/aromatic N) is 3. The van der Waals surface area contributed by atoms with Gasteiger partial charge in [0, 0.05) is 18.8 Å². The van der Waals surface area contributed by atoms with Crippen LogP contribution in [0.25, 0.3) is 0 Å². The van der Waals surface area contributed by atoms with Crippen molar-refractivity contribution < 1.29 is 32.3 Å². The lowest BCUT2D eigenvalue weighted by Gasteiger charge is -2.23. The fraction of sp³-hybridized carbons (Fsp3) is 0.440. The predicted molar refractivity (Wildman–Crippen MR) is 122 cm³/mol. The third-order valence-corrected chi connectivity index (χ3v) is 6.93. The van der Waals surface area contributed by atoms with E-state index < -0.39 is 29.6 Å². The lowest BCUT2D eigenvalue weighted by molar-refractivity contribution is -0.274. The highest BCUT2D eigenvalue weighted by Gasteiger charge is 2.65. The lowest BCUT2D eigenvalue weighted by Crippen LogP contribution is -2.37. The molecule has 4 amide bonds. The predicted octanol–water partition coefficient (Wildman–Crippen LogP) is 4.54. The van der Waals surface area contributed by atoms with Crippen LogP contribution in [0.5, 0.6) is 5.75 Å². The van der Waals surface area contributed by atoms with Gasteiger partial charge in [-0.2, -0.15) is 0 Å². The van der Waals surface area contributed by atoms with Crippen LogP contribution in [0.15, 0.2) is 42.6 Å². The maximum Gasteiger partial charge on any atom is 0.573 e. The van der Waals surface area contributed by atoms with E-state index in [0.717, 1.165) is 42.7 Å². The second kappa shape index (κ2) is 9.11. The molecular formula is C25H25F3N4O4. The van der Waals surface area contributed by atoms with E-state index >= 15 is 0 Å². The molecule has 2 aliphatic carbocycles. The number of amides is 4. The van der Waals surface area contributed by atoms with Crippen LogP contribution in [0.3, 0.4) is 0 Å². The Kier molecular flexibility index (Phi) is 6.09. The lowest BCUT2D eigenvalue weighted by atomic mass is 9.95. The third-order valence-electron chi connectivity index (χ3n) is 6.93. The van der Waals surface area contributed by atoms with Crippen LogP contribution in [-0.4, -0.2) is 45.7 Å². The van der Waals surface area contributed by atoms with Gasteiger partial charge in [0.2, 0.25) is 0 Å². The van der Waals surface area contributed by atoms with Gasteiger partial charge in [-0.15, -0.1) is 13.2 Å². The Morgan fingerprint density at radius 3 is 2.42 bits per heavy atom. The van der Waals surface area contributed by atoms with Gasteiger partial charge in [-0.3, -0.25) is 14.6 Å². The van der Waals surface area contributed by atoms with Crippen molar-refractivity contribution in [2.24, 2.45) is 0 Å². The highest BCUT2D eigenvalue weighted by Crippen LogP contribution is 2.49. The average Bonchev–Trinajstić information content (AvgIpc) is 3.62. The number of aromatic nitrogens is 1. The molecular weight excluding hydrogens is 477 g/mol. The molecule has 2 heterocycles. The second-order valence-corrected chi connectivity index (χ2v) is 9.44. The number of carbonyl (C=O) groups is 3. The van der Waals surface area contributed by atoms with Crippen LogP contribution in [0.2, 0.25) is 0 Å². The molecule has 11 heteroatoms. The van der Waals surface area contributed by atoms with Gasteiger partial charge < -0.3 is 15.0 Å². The van der Waals surface area contributed by atoms with E-state index in [1.807, 2.05) is 0 Å². The molecule has 1 saturated heterocycles. The van der Waals surface area contributed by atoms with Gasteiger partial charge in [0.25, 0.3) is 11.8 Å². The summed E-state index contributed by atoms with van der Waals surface area (Å²) in [4.78, 5) is 45.8. The summed E-state index contributed by atoms with van der Waals surface area (Å²) in [5.41, 5.74) is 0.0852. The zero-order valence-electron chi connectivity index (χ0n) is 19.4. The first kappa shape index (κ1) is 24.1. The minimum atomic E-state index is -4.84. The van der Waals surface area contributed by atoms with Crippen LogP contribution < -0.4 is 15.0 Å². The number of urea groups is 1. The topological polar surface area (TPSA) is 91.8 Å². The molecule has 3 fully saturated rings. The third kappa shape index (κ3) is 4.74. The summed E-state index contributed by atoms with van der Waals surface area (Å²) in [5.74, 6) is -1.13. The van der Waals surface area contributed by atoms with E-state index in [2.05, 4.69) is 15.0 Å². The minimum absolute atomic E-state index is 0.0998. The average molecular weight is 502 g/mol. The SMILES string of the molecule is O=C(NC1CCCCC1)c1cc(CN2C(=O)N(c3ccc(OC(F)(F)F)cc3)C(=O)C23CC3)ccn1. The van der Waals surface area contributed by atoms with Gasteiger partial charge in [0.05, 0.1) is 5.69 Å². The first-order chi connectivity index (χ1) is 17.2. The molecule has 1 N–H and O–H groups in total. The standard InChI is InChI=1S/C25H25F3N4O4/c26-25(27,28)36-19-8-6-18(7-9-19)32-22(34)24(11-12-24)31(23(32)35)15-16-10-13-29-20(14-16)21(33)30-17-4-2-1-3-5-17/h6-10,13-14,17H,1-5,11-12,15H2,(H,30,33). The number of ether oxygens (including phenoxy) is 1. The number of alkyl halides is 3. The van der Waals surface area contributed by atoms with E-state index in [-0.39, 0.29) is 29.9 Å². The molecule has 0 unspecified atom stereocenters. The Morgan fingerprint density at radius 2 is 1.78 bits per heavy atom. The molecule has 1 aliphatic heterocycles. The summed E-state index contributed by atoms with van der Waals surface area (Å²) >= 11 is 0. The van der Waals surface area contributed by atoms with Crippen molar-refractivity contribution in [2.45, 2.75) is 69.4 Å². The molecule has 5 rings (SSSR count). The van der Waals surface area contributed by atoms with E-state index in [0.29, 0.717) is 18.4 Å². The monoisotopic (exact) mass is 502 g/mol. The van der Waals surface area contributed by atoms with Crippen molar-refractivity contribution in [2.75, 3.05) is 4.90 Å². The molecule has 8 nitrogen and oxygen atoms in total. The second-order valence-electron chi connectivity index (χ2n) is 9.44. The molecule has 0 radical (unpaired) electrons. The molecule has 36 heavy (non-hydrogen) atoms. The maximum atomic E-state index is 13.3. The van der Waals surface area contributed by atoms with E-state index in [4.69, 9.17) is 0 Å². The number of hydrogen-bond donors (Lipinski definition) is 1. The van der Waals surface area contributed by atoms with E-state index in [1.54, 1.807) is 12.1 Å². The number of halogens is 3. The number of hydrogen-bond acceptors (Lipinski definition) is 5. The number of imide groups is 1. The summed E-state index contributed by atoms with van der Waals surface area (Å²) in [6.07, 6.45) is 2.87. The Labute approximate surface area is 205 Å². The van der Waals surface area contributed by atoms with Crippen LogP contribution in [-0.2, 0) is 11.3 Å². The highest BCUT2D eigenvalue weighted by atomic mass is 19.4. The van der Waals surface area contributed by atoms with E-state index in [1.165, 1.54) is 29.7 Å². The van der Waals surface area contributed by atoms with Crippen molar-refractivity contribution >= 4 is 23.5 Å². The fourth-order valence-electron chi connectivity index (χ4n) is 4.95. The Bertz CT molecular complexity index is 1170. The number of pyridine rings is 1. The molecule has 1 aromatic carbocycles. The zero-order valence-corrected chi connectivity index (χ0v) is 19.4. The first-order valence-corrected chi connectivity index (χ1v) is 11.9. The number of nitrogens with one attached hydrogen (secondary N) is 1. The number of benzene rings is 1. The Hall–Kier alpha value is -3.63. The smallest absolute Gasteiger partial charge is 0.406 e. The molecule has 3 aliphatic rings. The van der Waals surface area contributed by atoms with Gasteiger partial charge in [-0.1, -0.05) is 19.3 Å². The van der Waals surface area contributed by atoms with Crippen LogP contribution in [0.1, 0.15) is 61.0 Å². The molecule has 190 valence electrons. The summed E-state index contributed by atoms with van der Waals surface area (Å²) in [5, 5.41) is 3.02. The van der Waals surface area contributed by atoms with Crippen LogP contribution in [0.4, 0.5) is 23.7 Å². The highest BCUT2D eigenvalue weighted by molar-refractivity contribution is 6.24. The molecule has 2 saturated carbocycles. The van der Waals surface area contributed by atoms with Crippen molar-refractivity contribution in [1.29, 1.82) is 0 Å². The summed E-state index contributed by atoms with van der Waals surface area (Å²) in [6, 6.07) is 7.50. The fourth-order valence-corrected chi connectivity index (χ4v) is 4.95. The zero-order chi connectivity index (χ0) is 25.5. The quantitative estimate of drug-likeness (QED) is 0.586. The van der Waals surface area contributed by atoms with Crippen LogP contribution in [0, 0.1) is 0 Å². The molecule has 1 aromatic heterocycles. The Balaban J connectivity index is 1.31. The number of rotatable bonds is 6. The van der Waals surface area contributed by atoms with Gasteiger partial charge in [-0.05, 0) is 67.6 Å². The summed E-state index contributed by atoms with van der Waals surface area (Å²) in [6.45, 7) is 0.0998. The van der Waals surface area contributed by atoms with Crippen molar-refractivity contribution in [3.8, 4) is 5.75 Å². The van der Waals surface area contributed by atoms with Gasteiger partial charge >= 0.3 is 12.4 Å². The Morgan fingerprint density at radius 1 is 1.08 bits per heavy atom. The molecule has 1 spiro atoms. The maximum absolute atomic E-state index is 13.3.